The molecule has 1 saturated heterocycles. The number of ether oxygens (including phenoxy) is 1. The van der Waals surface area contributed by atoms with Gasteiger partial charge in [-0.2, -0.15) is 0 Å². The summed E-state index contributed by atoms with van der Waals surface area (Å²) >= 11 is 6.10. The van der Waals surface area contributed by atoms with E-state index >= 15 is 0 Å². The highest BCUT2D eigenvalue weighted by molar-refractivity contribution is 7.84. The van der Waals surface area contributed by atoms with E-state index < -0.39 is 10.8 Å². The molecule has 1 aliphatic heterocycles. The lowest BCUT2D eigenvalue weighted by molar-refractivity contribution is 0.179. The highest BCUT2D eigenvalue weighted by atomic mass is 35.5. The van der Waals surface area contributed by atoms with Crippen molar-refractivity contribution in [3.8, 4) is 0 Å². The van der Waals surface area contributed by atoms with Crippen molar-refractivity contribution in [2.45, 2.75) is 18.2 Å². The summed E-state index contributed by atoms with van der Waals surface area (Å²) in [6.45, 7) is 1.59. The lowest BCUT2D eigenvalue weighted by Gasteiger charge is -2.21. The fourth-order valence-electron chi connectivity index (χ4n) is 2.37. The van der Waals surface area contributed by atoms with Gasteiger partial charge in [-0.25, -0.2) is 0 Å². The maximum atomic E-state index is 12.3. The Kier molecular flexibility index (Phi) is 5.82. The molecule has 0 amide bonds. The lowest BCUT2D eigenvalue weighted by atomic mass is 10.0. The topological polar surface area (TPSA) is 38.3 Å². The Labute approximate surface area is 122 Å². The van der Waals surface area contributed by atoms with Crippen molar-refractivity contribution < 1.29 is 8.95 Å². The second kappa shape index (κ2) is 7.39. The molecule has 1 aromatic carbocycles. The molecule has 2 rings (SSSR count). The first-order chi connectivity index (χ1) is 9.20. The molecule has 3 unspecified atom stereocenters. The van der Waals surface area contributed by atoms with Gasteiger partial charge in [0.05, 0.1) is 12.4 Å². The summed E-state index contributed by atoms with van der Waals surface area (Å²) in [4.78, 5) is 0. The Morgan fingerprint density at radius 2 is 2.32 bits per heavy atom. The quantitative estimate of drug-likeness (QED) is 0.875. The van der Waals surface area contributed by atoms with Crippen LogP contribution in [0.15, 0.2) is 24.3 Å². The van der Waals surface area contributed by atoms with E-state index in [0.29, 0.717) is 22.4 Å². The van der Waals surface area contributed by atoms with Crippen LogP contribution in [0.3, 0.4) is 0 Å². The normalized spacial score (nSPS) is 22.3. The minimum Gasteiger partial charge on any atom is -0.381 e. The summed E-state index contributed by atoms with van der Waals surface area (Å²) in [6.07, 6.45) is 1.05. The molecule has 0 saturated carbocycles. The predicted molar refractivity (Wildman–Crippen MR) is 79.9 cm³/mol. The molecule has 3 nitrogen and oxygen atoms in total. The molecule has 19 heavy (non-hydrogen) atoms. The Balaban J connectivity index is 1.91. The third kappa shape index (κ3) is 4.28. The van der Waals surface area contributed by atoms with Gasteiger partial charge in [-0.3, -0.25) is 4.21 Å². The summed E-state index contributed by atoms with van der Waals surface area (Å²) in [5.74, 6) is 1.64. The fraction of sp³-hybridized carbons (Fsp3) is 0.571. The summed E-state index contributed by atoms with van der Waals surface area (Å²) in [5, 5.41) is 3.96. The summed E-state index contributed by atoms with van der Waals surface area (Å²) in [6, 6.07) is 7.85. The first-order valence-electron chi connectivity index (χ1n) is 6.54. The van der Waals surface area contributed by atoms with Gasteiger partial charge in [-0.05, 0) is 25.1 Å². The summed E-state index contributed by atoms with van der Waals surface area (Å²) < 4.78 is 17.7. The molecule has 3 atom stereocenters. The number of benzene rings is 1. The van der Waals surface area contributed by atoms with Crippen molar-refractivity contribution in [3.05, 3.63) is 34.9 Å². The number of hydrogen-bond acceptors (Lipinski definition) is 3. The van der Waals surface area contributed by atoms with Crippen LogP contribution < -0.4 is 5.32 Å². The zero-order valence-electron chi connectivity index (χ0n) is 11.1. The molecule has 1 heterocycles. The van der Waals surface area contributed by atoms with Crippen LogP contribution in [-0.4, -0.2) is 36.3 Å². The molecule has 0 bridgehead atoms. The summed E-state index contributed by atoms with van der Waals surface area (Å²) in [5.41, 5.74) is 0.958. The van der Waals surface area contributed by atoms with Crippen LogP contribution in [0.1, 0.15) is 12.0 Å². The number of rotatable bonds is 6. The summed E-state index contributed by atoms with van der Waals surface area (Å²) in [7, 11) is 1.02. The average Bonchev–Trinajstić information content (AvgIpc) is 2.92. The average molecular weight is 302 g/mol. The molecular formula is C14H20ClNO2S. The zero-order chi connectivity index (χ0) is 13.7. The Hall–Kier alpha value is -0.420. The molecule has 0 radical (unpaired) electrons. The van der Waals surface area contributed by atoms with Gasteiger partial charge >= 0.3 is 0 Å². The number of halogens is 1. The van der Waals surface area contributed by atoms with Crippen molar-refractivity contribution in [1.29, 1.82) is 0 Å². The van der Waals surface area contributed by atoms with E-state index in [2.05, 4.69) is 5.32 Å². The lowest BCUT2D eigenvalue weighted by Crippen LogP contribution is -2.38. The van der Waals surface area contributed by atoms with E-state index in [1.807, 2.05) is 31.3 Å². The third-order valence-electron chi connectivity index (χ3n) is 3.54. The van der Waals surface area contributed by atoms with Crippen LogP contribution >= 0.6 is 11.6 Å². The fourth-order valence-corrected chi connectivity index (χ4v) is 4.21. The zero-order valence-corrected chi connectivity index (χ0v) is 12.7. The van der Waals surface area contributed by atoms with Crippen molar-refractivity contribution in [2.75, 3.05) is 26.0 Å². The van der Waals surface area contributed by atoms with Crippen molar-refractivity contribution in [1.82, 2.24) is 5.32 Å². The van der Waals surface area contributed by atoms with E-state index in [1.54, 1.807) is 0 Å². The first kappa shape index (κ1) is 15.0. The Bertz CT molecular complexity index is 435. The minimum absolute atomic E-state index is 0.255. The molecule has 1 N–H and O–H groups in total. The molecule has 106 valence electrons. The van der Waals surface area contributed by atoms with E-state index in [0.717, 1.165) is 25.2 Å². The maximum Gasteiger partial charge on any atom is 0.0510 e. The molecule has 5 heteroatoms. The highest BCUT2D eigenvalue weighted by Crippen LogP contribution is 2.20. The molecule has 0 aliphatic carbocycles. The third-order valence-corrected chi connectivity index (χ3v) is 5.28. The molecule has 0 aromatic heterocycles. The smallest absolute Gasteiger partial charge is 0.0510 e. The maximum absolute atomic E-state index is 12.3. The number of nitrogens with one attached hydrogen (secondary N) is 1. The second-order valence-electron chi connectivity index (χ2n) is 4.86. The molecule has 1 fully saturated rings. The number of hydrogen-bond donors (Lipinski definition) is 1. The van der Waals surface area contributed by atoms with Gasteiger partial charge in [-0.1, -0.05) is 29.8 Å². The van der Waals surface area contributed by atoms with Crippen LogP contribution in [0.2, 0.25) is 5.02 Å². The van der Waals surface area contributed by atoms with Gasteiger partial charge in [0.15, 0.2) is 0 Å². The van der Waals surface area contributed by atoms with Crippen LogP contribution in [-0.2, 0) is 21.3 Å². The molecular weight excluding hydrogens is 282 g/mol. The van der Waals surface area contributed by atoms with E-state index in [1.165, 1.54) is 0 Å². The van der Waals surface area contributed by atoms with Crippen molar-refractivity contribution in [3.63, 3.8) is 0 Å². The van der Waals surface area contributed by atoms with Crippen molar-refractivity contribution >= 4 is 22.4 Å². The Morgan fingerprint density at radius 3 is 2.95 bits per heavy atom. The van der Waals surface area contributed by atoms with Gasteiger partial charge in [0, 0.05) is 40.1 Å². The van der Waals surface area contributed by atoms with Gasteiger partial charge in [0.25, 0.3) is 0 Å². The first-order valence-corrected chi connectivity index (χ1v) is 8.40. The second-order valence-corrected chi connectivity index (χ2v) is 6.77. The van der Waals surface area contributed by atoms with Gasteiger partial charge < -0.3 is 10.1 Å². The van der Waals surface area contributed by atoms with Crippen LogP contribution in [0, 0.1) is 5.92 Å². The van der Waals surface area contributed by atoms with Crippen molar-refractivity contribution in [2.24, 2.45) is 5.92 Å². The van der Waals surface area contributed by atoms with E-state index in [9.17, 15) is 4.21 Å². The Morgan fingerprint density at radius 1 is 1.53 bits per heavy atom. The van der Waals surface area contributed by atoms with E-state index in [-0.39, 0.29) is 6.04 Å². The molecule has 1 aliphatic rings. The van der Waals surface area contributed by atoms with Gasteiger partial charge in [0.1, 0.15) is 0 Å². The minimum atomic E-state index is -0.910. The van der Waals surface area contributed by atoms with Gasteiger partial charge in [0.2, 0.25) is 0 Å². The molecule has 1 aromatic rings. The largest absolute Gasteiger partial charge is 0.381 e. The van der Waals surface area contributed by atoms with Crippen LogP contribution in [0.4, 0.5) is 0 Å². The van der Waals surface area contributed by atoms with E-state index in [4.69, 9.17) is 16.3 Å². The van der Waals surface area contributed by atoms with Crippen LogP contribution in [0.25, 0.3) is 0 Å². The van der Waals surface area contributed by atoms with Crippen LogP contribution in [0.5, 0.6) is 0 Å². The SMILES string of the molecule is CNC(CS(=O)Cc1ccccc1Cl)C1CCOC1. The monoisotopic (exact) mass is 301 g/mol. The molecule has 0 spiro atoms. The standard InChI is InChI=1S/C14H20ClNO2S/c1-16-14(11-6-7-18-8-11)10-19(17)9-12-4-2-3-5-13(12)15/h2-5,11,14,16H,6-10H2,1H3. The highest BCUT2D eigenvalue weighted by Gasteiger charge is 2.26. The van der Waals surface area contributed by atoms with Gasteiger partial charge in [-0.15, -0.1) is 0 Å². The predicted octanol–water partition coefficient (Wildman–Crippen LogP) is 2.21.